The minimum Gasteiger partial charge on any atom is -0.495 e. The van der Waals surface area contributed by atoms with Crippen molar-refractivity contribution in [3.63, 3.8) is 0 Å². The quantitative estimate of drug-likeness (QED) is 0.656. The van der Waals surface area contributed by atoms with Crippen LogP contribution in [0.4, 0.5) is 5.69 Å². The average Bonchev–Trinajstić information content (AvgIpc) is 2.62. The zero-order chi connectivity index (χ0) is 18.3. The fourth-order valence-electron chi connectivity index (χ4n) is 2.63. The summed E-state index contributed by atoms with van der Waals surface area (Å²) >= 11 is 1.31. The van der Waals surface area contributed by atoms with Crippen LogP contribution >= 0.6 is 11.8 Å². The molecule has 1 aromatic carbocycles. The molecule has 0 aromatic heterocycles. The molecule has 1 saturated heterocycles. The van der Waals surface area contributed by atoms with E-state index in [1.807, 2.05) is 0 Å². The van der Waals surface area contributed by atoms with Crippen LogP contribution in [0.2, 0.25) is 0 Å². The Bertz CT molecular complexity index is 688. The van der Waals surface area contributed by atoms with Crippen LogP contribution in [0, 0.1) is 0 Å². The van der Waals surface area contributed by atoms with E-state index < -0.39 is 10.0 Å². The number of benzene rings is 1. The van der Waals surface area contributed by atoms with Crippen molar-refractivity contribution in [2.75, 3.05) is 43.6 Å². The number of hydrogen-bond donors (Lipinski definition) is 2. The van der Waals surface area contributed by atoms with Crippen LogP contribution in [0.15, 0.2) is 23.1 Å². The molecule has 0 unspecified atom stereocenters. The number of hydrogen-bond acceptors (Lipinski definition) is 6. The van der Waals surface area contributed by atoms with E-state index in [4.69, 9.17) is 9.84 Å². The van der Waals surface area contributed by atoms with Crippen LogP contribution in [0.25, 0.3) is 0 Å². The minimum absolute atomic E-state index is 0.0126. The molecule has 0 spiro atoms. The number of carbonyl (C=O) groups excluding carboxylic acids is 1. The number of rotatable bonds is 8. The van der Waals surface area contributed by atoms with Gasteiger partial charge in [0.15, 0.2) is 0 Å². The van der Waals surface area contributed by atoms with Crippen molar-refractivity contribution < 1.29 is 23.1 Å². The van der Waals surface area contributed by atoms with Gasteiger partial charge < -0.3 is 15.2 Å². The second-order valence-corrected chi connectivity index (χ2v) is 8.67. The van der Waals surface area contributed by atoms with Gasteiger partial charge in [-0.15, -0.1) is 11.8 Å². The van der Waals surface area contributed by atoms with Crippen LogP contribution in [0.1, 0.15) is 19.3 Å². The second-order valence-electron chi connectivity index (χ2n) is 5.65. The van der Waals surface area contributed by atoms with Gasteiger partial charge >= 0.3 is 0 Å². The maximum Gasteiger partial charge on any atom is 0.246 e. The summed E-state index contributed by atoms with van der Waals surface area (Å²) in [7, 11) is -2.24. The van der Waals surface area contributed by atoms with E-state index in [-0.39, 0.29) is 28.9 Å². The van der Waals surface area contributed by atoms with Crippen molar-refractivity contribution in [2.45, 2.75) is 24.2 Å². The molecule has 0 saturated carbocycles. The lowest BCUT2D eigenvalue weighted by molar-refractivity contribution is -0.113. The Morgan fingerprint density at radius 3 is 2.68 bits per heavy atom. The molecule has 2 rings (SSSR count). The van der Waals surface area contributed by atoms with Gasteiger partial charge in [0.05, 0.1) is 19.5 Å². The Morgan fingerprint density at radius 1 is 1.32 bits per heavy atom. The third-order valence-electron chi connectivity index (χ3n) is 3.85. The highest BCUT2D eigenvalue weighted by atomic mass is 32.2. The number of nitrogens with zero attached hydrogens (tertiary/aromatic N) is 1. The lowest BCUT2D eigenvalue weighted by Crippen LogP contribution is -2.35. The van der Waals surface area contributed by atoms with Crippen molar-refractivity contribution in [1.82, 2.24) is 4.31 Å². The number of thioether (sulfide) groups is 1. The predicted octanol–water partition coefficient (Wildman–Crippen LogP) is 1.53. The summed E-state index contributed by atoms with van der Waals surface area (Å²) in [4.78, 5) is 12.0. The second kappa shape index (κ2) is 9.42. The molecular formula is C16H24N2O5S2. The molecule has 0 aliphatic carbocycles. The van der Waals surface area contributed by atoms with Gasteiger partial charge in [-0.3, -0.25) is 4.79 Å². The molecule has 25 heavy (non-hydrogen) atoms. The molecule has 2 N–H and O–H groups in total. The number of ether oxygens (including phenoxy) is 1. The molecular weight excluding hydrogens is 364 g/mol. The highest BCUT2D eigenvalue weighted by molar-refractivity contribution is 7.99. The minimum atomic E-state index is -3.67. The van der Waals surface area contributed by atoms with E-state index in [1.54, 1.807) is 12.1 Å². The van der Waals surface area contributed by atoms with Crippen LogP contribution in [0.5, 0.6) is 5.75 Å². The lowest BCUT2D eigenvalue weighted by atomic mass is 10.2. The topological polar surface area (TPSA) is 95.9 Å². The van der Waals surface area contributed by atoms with E-state index in [9.17, 15) is 13.2 Å². The summed E-state index contributed by atoms with van der Waals surface area (Å²) in [5.74, 6) is 0.689. The molecule has 1 aliphatic rings. The first-order valence-electron chi connectivity index (χ1n) is 8.15. The normalized spacial score (nSPS) is 15.8. The van der Waals surface area contributed by atoms with E-state index in [2.05, 4.69) is 5.32 Å². The van der Waals surface area contributed by atoms with Gasteiger partial charge in [-0.2, -0.15) is 4.31 Å². The van der Waals surface area contributed by atoms with Crippen molar-refractivity contribution in [3.8, 4) is 5.75 Å². The summed E-state index contributed by atoms with van der Waals surface area (Å²) in [6.45, 7) is 1.01. The Balaban J connectivity index is 2.20. The standard InChI is InChI=1S/C16H24N2O5S2/c1-23-14-6-5-13(17-16(20)12-24-10-9-19)11-15(14)25(21,22)18-7-3-2-4-8-18/h5-6,11,19H,2-4,7-10,12H2,1H3,(H,17,20). The van der Waals surface area contributed by atoms with Gasteiger partial charge in [-0.25, -0.2) is 8.42 Å². The zero-order valence-electron chi connectivity index (χ0n) is 14.2. The number of amides is 1. The van der Waals surface area contributed by atoms with E-state index in [1.165, 1.54) is 29.2 Å². The van der Waals surface area contributed by atoms with Crippen LogP contribution < -0.4 is 10.1 Å². The molecule has 0 bridgehead atoms. The van der Waals surface area contributed by atoms with Gasteiger partial charge in [0.2, 0.25) is 15.9 Å². The zero-order valence-corrected chi connectivity index (χ0v) is 15.9. The van der Waals surface area contributed by atoms with Crippen molar-refractivity contribution in [3.05, 3.63) is 18.2 Å². The molecule has 1 aromatic rings. The molecule has 0 atom stereocenters. The first-order chi connectivity index (χ1) is 12.0. The summed E-state index contributed by atoms with van der Waals surface area (Å²) < 4.78 is 32.5. The highest BCUT2D eigenvalue weighted by Gasteiger charge is 2.29. The Hall–Kier alpha value is -1.29. The number of carbonyl (C=O) groups is 1. The monoisotopic (exact) mass is 388 g/mol. The number of methoxy groups -OCH3 is 1. The molecule has 1 fully saturated rings. The number of aliphatic hydroxyl groups excluding tert-OH is 1. The maximum absolute atomic E-state index is 12.9. The van der Waals surface area contributed by atoms with Gasteiger partial charge in [0.25, 0.3) is 0 Å². The molecule has 9 heteroatoms. The van der Waals surface area contributed by atoms with E-state index in [0.717, 1.165) is 19.3 Å². The maximum atomic E-state index is 12.9. The number of nitrogens with one attached hydrogen (secondary N) is 1. The van der Waals surface area contributed by atoms with Crippen LogP contribution in [0.3, 0.4) is 0 Å². The molecule has 7 nitrogen and oxygen atoms in total. The third kappa shape index (κ3) is 5.34. The van der Waals surface area contributed by atoms with Crippen molar-refractivity contribution in [2.24, 2.45) is 0 Å². The molecule has 0 radical (unpaired) electrons. The molecule has 1 heterocycles. The van der Waals surface area contributed by atoms with Crippen LogP contribution in [-0.2, 0) is 14.8 Å². The Kier molecular flexibility index (Phi) is 7.55. The summed E-state index contributed by atoms with van der Waals surface area (Å²) in [6.07, 6.45) is 2.73. The summed E-state index contributed by atoms with van der Waals surface area (Å²) in [5.41, 5.74) is 0.408. The highest BCUT2D eigenvalue weighted by Crippen LogP contribution is 2.31. The number of anilines is 1. The fourth-order valence-corrected chi connectivity index (χ4v) is 4.86. The average molecular weight is 389 g/mol. The van der Waals surface area contributed by atoms with Crippen molar-refractivity contribution >= 4 is 33.4 Å². The fraction of sp³-hybridized carbons (Fsp3) is 0.562. The number of aliphatic hydroxyl groups is 1. The largest absolute Gasteiger partial charge is 0.495 e. The first kappa shape index (κ1) is 20.0. The van der Waals surface area contributed by atoms with Crippen molar-refractivity contribution in [1.29, 1.82) is 0 Å². The SMILES string of the molecule is COc1ccc(NC(=O)CSCCO)cc1S(=O)(=O)N1CCCCC1. The summed E-state index contributed by atoms with van der Waals surface area (Å²) in [5, 5.41) is 11.4. The number of piperidine rings is 1. The Labute approximate surface area is 152 Å². The number of sulfonamides is 1. The Morgan fingerprint density at radius 2 is 2.04 bits per heavy atom. The van der Waals surface area contributed by atoms with Gasteiger partial charge in [0.1, 0.15) is 10.6 Å². The van der Waals surface area contributed by atoms with Gasteiger partial charge in [0, 0.05) is 24.5 Å². The van der Waals surface area contributed by atoms with Gasteiger partial charge in [-0.1, -0.05) is 6.42 Å². The molecule has 1 amide bonds. The van der Waals surface area contributed by atoms with Crippen LogP contribution in [-0.4, -0.2) is 62.0 Å². The molecule has 1 aliphatic heterocycles. The first-order valence-corrected chi connectivity index (χ1v) is 10.7. The lowest BCUT2D eigenvalue weighted by Gasteiger charge is -2.26. The summed E-state index contributed by atoms with van der Waals surface area (Å²) in [6, 6.07) is 4.60. The predicted molar refractivity (Wildman–Crippen MR) is 98.6 cm³/mol. The van der Waals surface area contributed by atoms with E-state index in [0.29, 0.717) is 24.5 Å². The third-order valence-corrected chi connectivity index (χ3v) is 6.71. The smallest absolute Gasteiger partial charge is 0.246 e. The van der Waals surface area contributed by atoms with Gasteiger partial charge in [-0.05, 0) is 31.0 Å². The van der Waals surface area contributed by atoms with E-state index >= 15 is 0 Å². The molecule has 140 valence electrons.